The molecule has 0 fully saturated rings. The van der Waals surface area contributed by atoms with Gasteiger partial charge < -0.3 is 30.0 Å². The van der Waals surface area contributed by atoms with Crippen LogP contribution in [0.1, 0.15) is 34.6 Å². The highest BCUT2D eigenvalue weighted by Gasteiger charge is 2.18. The maximum atomic E-state index is 5.95. The smallest absolute Gasteiger partial charge is 0.132 e. The van der Waals surface area contributed by atoms with Crippen molar-refractivity contribution in [3.63, 3.8) is 0 Å². The van der Waals surface area contributed by atoms with Gasteiger partial charge in [0.15, 0.2) is 0 Å². The number of para-hydroxylation sites is 4. The van der Waals surface area contributed by atoms with Crippen LogP contribution in [0.5, 0.6) is 23.0 Å². The van der Waals surface area contributed by atoms with Gasteiger partial charge in [-0.1, -0.05) is 83.1 Å². The summed E-state index contributed by atoms with van der Waals surface area (Å²) in [5, 5.41) is 3.67. The maximum absolute atomic E-state index is 5.95. The lowest BCUT2D eigenvalue weighted by Gasteiger charge is -2.19. The summed E-state index contributed by atoms with van der Waals surface area (Å²) >= 11 is 7.38. The molecule has 6 rings (SSSR count). The van der Waals surface area contributed by atoms with Crippen molar-refractivity contribution >= 4 is 47.0 Å². The van der Waals surface area contributed by atoms with Gasteiger partial charge in [-0.3, -0.25) is 0 Å². The Balaban J connectivity index is 0.000000229. The molecule has 0 saturated heterocycles. The quantitative estimate of drug-likeness (QED) is 0.136. The Hall–Kier alpha value is -2.60. The predicted octanol–water partition coefficient (Wildman–Crippen LogP) is 10.5. The molecule has 284 valence electrons. The molecule has 0 radical (unpaired) electrons. The van der Waals surface area contributed by atoms with Gasteiger partial charge in [-0.15, -0.1) is 47.0 Å². The molecule has 0 bridgehead atoms. The van der Waals surface area contributed by atoms with Gasteiger partial charge in [0.05, 0.1) is 20.3 Å². The van der Waals surface area contributed by atoms with Crippen LogP contribution < -0.4 is 30.0 Å². The summed E-state index contributed by atoms with van der Waals surface area (Å²) < 4.78 is 22.2. The number of fused-ring (bicyclic) bond motifs is 2. The summed E-state index contributed by atoms with van der Waals surface area (Å²) in [6, 6.07) is 33.3. The van der Waals surface area contributed by atoms with Crippen LogP contribution in [0.15, 0.2) is 117 Å². The molecule has 3 N–H and O–H groups in total. The Labute approximate surface area is 330 Å². The van der Waals surface area contributed by atoms with Crippen molar-refractivity contribution in [3.05, 3.63) is 97.1 Å². The summed E-state index contributed by atoms with van der Waals surface area (Å²) in [7, 11) is 3.45. The van der Waals surface area contributed by atoms with Gasteiger partial charge in [-0.05, 0) is 66.9 Å². The van der Waals surface area contributed by atoms with Crippen LogP contribution in [0, 0.1) is 11.8 Å². The Morgan fingerprint density at radius 2 is 1.19 bits per heavy atom. The summed E-state index contributed by atoms with van der Waals surface area (Å²) in [6.07, 6.45) is 1.24. The van der Waals surface area contributed by atoms with E-state index in [1.165, 1.54) is 26.0 Å². The molecule has 4 aromatic rings. The molecule has 0 aromatic heterocycles. The fourth-order valence-electron chi connectivity index (χ4n) is 4.85. The second-order valence-corrected chi connectivity index (χ2v) is 16.8. The number of hydrogen-bond donors (Lipinski definition) is 2. The third-order valence-electron chi connectivity index (χ3n) is 8.12. The Morgan fingerprint density at radius 1 is 0.712 bits per heavy atom. The molecule has 4 aromatic carbocycles. The minimum atomic E-state index is 0. The maximum Gasteiger partial charge on any atom is 0.132 e. The first-order valence-electron chi connectivity index (χ1n) is 17.6. The standard InChI is InChI=1S/C20H25NO2S2.C12H18OS.C9H11NOS.CH4/c1-15(13-24-19-9-5-3-7-17(19)22-2)11-21-16-12-23-18-8-4-6-10-20(18)25-14-16;1-4-10(2)9-14-12-8-6-5-7-11(12)13-3;10-7-5-11-8-3-1-2-4-9(8)12-6-7;/h3-10,15-16,21H,11-14H2,1-2H3;5-8,10H,4,9H2,1-3H3;1-4,7H,5-6,10H2;1H4. The van der Waals surface area contributed by atoms with Crippen LogP contribution in [0.4, 0.5) is 0 Å². The highest BCUT2D eigenvalue weighted by Crippen LogP contribution is 2.34. The van der Waals surface area contributed by atoms with E-state index in [2.05, 4.69) is 74.6 Å². The Kier molecular flexibility index (Phi) is 20.8. The third kappa shape index (κ3) is 15.0. The number of hydrogen-bond acceptors (Lipinski definition) is 10. The van der Waals surface area contributed by atoms with Gasteiger partial charge in [0.2, 0.25) is 0 Å². The molecule has 52 heavy (non-hydrogen) atoms. The van der Waals surface area contributed by atoms with Crippen molar-refractivity contribution in [1.82, 2.24) is 5.32 Å². The first-order chi connectivity index (χ1) is 24.9. The molecule has 2 aliphatic heterocycles. The van der Waals surface area contributed by atoms with Crippen LogP contribution in [0.3, 0.4) is 0 Å². The van der Waals surface area contributed by atoms with Gasteiger partial charge in [-0.25, -0.2) is 0 Å². The van der Waals surface area contributed by atoms with Crippen molar-refractivity contribution in [3.8, 4) is 23.0 Å². The van der Waals surface area contributed by atoms with E-state index < -0.39 is 0 Å². The molecule has 4 unspecified atom stereocenters. The lowest BCUT2D eigenvalue weighted by atomic mass is 10.2. The normalized spacial score (nSPS) is 17.1. The van der Waals surface area contributed by atoms with Crippen molar-refractivity contribution < 1.29 is 18.9 Å². The molecule has 0 spiro atoms. The van der Waals surface area contributed by atoms with Gasteiger partial charge in [0.25, 0.3) is 0 Å². The van der Waals surface area contributed by atoms with E-state index in [1.807, 2.05) is 83.8 Å². The monoisotopic (exact) mass is 782 g/mol. The second-order valence-electron chi connectivity index (χ2n) is 12.5. The topological polar surface area (TPSA) is 75.0 Å². The first kappa shape index (κ1) is 43.8. The van der Waals surface area contributed by atoms with Crippen molar-refractivity contribution in [2.75, 3.05) is 57.0 Å². The first-order valence-corrected chi connectivity index (χ1v) is 21.5. The molecule has 4 atom stereocenters. The number of ether oxygens (including phenoxy) is 4. The predicted molar refractivity (Wildman–Crippen MR) is 228 cm³/mol. The summed E-state index contributed by atoms with van der Waals surface area (Å²) in [4.78, 5) is 4.90. The van der Waals surface area contributed by atoms with Gasteiger partial charge in [0.1, 0.15) is 36.2 Å². The number of benzene rings is 4. The fourth-order valence-corrected chi connectivity index (χ4v) is 9.04. The number of rotatable bonds is 12. The van der Waals surface area contributed by atoms with Crippen LogP contribution in [0.25, 0.3) is 0 Å². The van der Waals surface area contributed by atoms with Crippen LogP contribution in [-0.2, 0) is 0 Å². The second kappa shape index (κ2) is 24.7. The van der Waals surface area contributed by atoms with E-state index in [1.54, 1.807) is 26.0 Å². The zero-order chi connectivity index (χ0) is 36.3. The highest BCUT2D eigenvalue weighted by molar-refractivity contribution is 8.00. The van der Waals surface area contributed by atoms with Crippen molar-refractivity contribution in [1.29, 1.82) is 0 Å². The van der Waals surface area contributed by atoms with Gasteiger partial charge >= 0.3 is 0 Å². The van der Waals surface area contributed by atoms with Crippen LogP contribution in [-0.4, -0.2) is 69.1 Å². The van der Waals surface area contributed by atoms with E-state index in [9.17, 15) is 0 Å². The highest BCUT2D eigenvalue weighted by atomic mass is 32.2. The van der Waals surface area contributed by atoms with Crippen LogP contribution >= 0.6 is 47.0 Å². The van der Waals surface area contributed by atoms with Gasteiger partial charge in [-0.2, -0.15) is 0 Å². The summed E-state index contributed by atoms with van der Waals surface area (Å²) in [5.74, 6) is 9.48. The molecule has 0 aliphatic carbocycles. The molecule has 0 amide bonds. The molecule has 0 saturated carbocycles. The SMILES string of the molecule is C.CCC(C)CSc1ccccc1OC.COc1ccccc1SCC(C)CNC1COc2ccccc2SC1.NC1COc2ccccc2SC1. The average molecular weight is 783 g/mol. The Bertz CT molecular complexity index is 1520. The van der Waals surface area contributed by atoms with Gasteiger partial charge in [0, 0.05) is 48.6 Å². The molecule has 2 heterocycles. The van der Waals surface area contributed by atoms with E-state index in [0.717, 1.165) is 65.1 Å². The molecular weight excluding hydrogens is 725 g/mol. The van der Waals surface area contributed by atoms with E-state index in [0.29, 0.717) is 18.6 Å². The number of methoxy groups -OCH3 is 2. The Morgan fingerprint density at radius 3 is 1.75 bits per heavy atom. The van der Waals surface area contributed by atoms with Crippen LogP contribution in [0.2, 0.25) is 0 Å². The summed E-state index contributed by atoms with van der Waals surface area (Å²) in [6.45, 7) is 9.15. The minimum Gasteiger partial charge on any atom is -0.496 e. The molecule has 2 aliphatic rings. The zero-order valence-electron chi connectivity index (χ0n) is 30.5. The zero-order valence-corrected chi connectivity index (χ0v) is 33.8. The molecular formula is C42H58N2O4S4. The lowest BCUT2D eigenvalue weighted by molar-refractivity contribution is 0.270. The fraction of sp³-hybridized carbons (Fsp3) is 0.429. The minimum absolute atomic E-state index is 0. The largest absolute Gasteiger partial charge is 0.496 e. The van der Waals surface area contributed by atoms with E-state index >= 15 is 0 Å². The number of nitrogens with two attached hydrogens (primary N) is 1. The molecule has 6 nitrogen and oxygen atoms in total. The van der Waals surface area contributed by atoms with Crippen molar-refractivity contribution in [2.24, 2.45) is 17.6 Å². The molecule has 10 heteroatoms. The number of thioether (sulfide) groups is 4. The third-order valence-corrected chi connectivity index (χ3v) is 13.3. The van der Waals surface area contributed by atoms with Crippen molar-refractivity contribution in [2.45, 2.75) is 66.3 Å². The van der Waals surface area contributed by atoms with E-state index in [-0.39, 0.29) is 13.5 Å². The van der Waals surface area contributed by atoms with E-state index in [4.69, 9.17) is 24.7 Å². The summed E-state index contributed by atoms with van der Waals surface area (Å²) in [5.41, 5.74) is 5.77. The lowest BCUT2D eigenvalue weighted by Crippen LogP contribution is -2.39. The average Bonchev–Trinajstić information content (AvgIpc) is 3.51. The number of nitrogens with one attached hydrogen (secondary N) is 1.